The number of methoxy groups -OCH3 is 2. The summed E-state index contributed by atoms with van der Waals surface area (Å²) < 4.78 is 9.77. The third-order valence-corrected chi connectivity index (χ3v) is 2.79. The van der Waals surface area contributed by atoms with Gasteiger partial charge in [-0.15, -0.1) is 0 Å². The van der Waals surface area contributed by atoms with Crippen LogP contribution in [0.1, 0.15) is 24.8 Å². The fraction of sp³-hybridized carbons (Fsp3) is 0.462. The molecule has 0 spiro atoms. The van der Waals surface area contributed by atoms with E-state index in [1.165, 1.54) is 7.11 Å². The van der Waals surface area contributed by atoms with Crippen molar-refractivity contribution in [2.45, 2.75) is 25.3 Å². The Kier molecular flexibility index (Phi) is 4.97. The highest BCUT2D eigenvalue weighted by atomic mass is 16.5. The normalized spacial score (nSPS) is 13.9. The summed E-state index contributed by atoms with van der Waals surface area (Å²) in [4.78, 5) is 11.3. The Hall–Kier alpha value is -1.55. The first-order valence-electron chi connectivity index (χ1n) is 5.54. The van der Waals surface area contributed by atoms with E-state index in [9.17, 15) is 4.79 Å². The zero-order valence-electron chi connectivity index (χ0n) is 10.5. The maximum Gasteiger partial charge on any atom is 0.306 e. The first kappa shape index (κ1) is 13.5. The predicted octanol–water partition coefficient (Wildman–Crippen LogP) is 1.69. The summed E-state index contributed by atoms with van der Waals surface area (Å²) in [7, 11) is 3.00. The van der Waals surface area contributed by atoms with Gasteiger partial charge in [-0.25, -0.2) is 0 Å². The molecular formula is C13H19NO3. The van der Waals surface area contributed by atoms with Crippen LogP contribution in [0.3, 0.4) is 0 Å². The van der Waals surface area contributed by atoms with Gasteiger partial charge in [0.25, 0.3) is 0 Å². The van der Waals surface area contributed by atoms with Crippen molar-refractivity contribution < 1.29 is 14.3 Å². The van der Waals surface area contributed by atoms with E-state index < -0.39 is 0 Å². The average molecular weight is 237 g/mol. The second-order valence-corrected chi connectivity index (χ2v) is 4.02. The minimum Gasteiger partial charge on any atom is -0.497 e. The standard InChI is InChI=1S/C13H19NO3/c1-9(14)12(8-13(15)17-3)10-4-6-11(16-2)7-5-10/h4-7,9,12H,8,14H2,1-3H3. The zero-order chi connectivity index (χ0) is 12.8. The van der Waals surface area contributed by atoms with Crippen molar-refractivity contribution in [3.8, 4) is 5.75 Å². The molecule has 0 saturated carbocycles. The van der Waals surface area contributed by atoms with Crippen molar-refractivity contribution in [1.29, 1.82) is 0 Å². The summed E-state index contributed by atoms with van der Waals surface area (Å²) in [5.41, 5.74) is 6.92. The summed E-state index contributed by atoms with van der Waals surface area (Å²) in [5.74, 6) is 0.506. The zero-order valence-corrected chi connectivity index (χ0v) is 10.5. The van der Waals surface area contributed by atoms with Crippen LogP contribution in [0.25, 0.3) is 0 Å². The SMILES string of the molecule is COC(=O)CC(c1ccc(OC)cc1)C(C)N. The molecule has 0 saturated heterocycles. The van der Waals surface area contributed by atoms with E-state index in [0.29, 0.717) is 6.42 Å². The quantitative estimate of drug-likeness (QED) is 0.792. The third-order valence-electron chi connectivity index (χ3n) is 2.79. The van der Waals surface area contributed by atoms with Gasteiger partial charge in [-0.3, -0.25) is 4.79 Å². The fourth-order valence-electron chi connectivity index (χ4n) is 1.72. The summed E-state index contributed by atoms with van der Waals surface area (Å²) >= 11 is 0. The number of benzene rings is 1. The van der Waals surface area contributed by atoms with E-state index in [0.717, 1.165) is 11.3 Å². The molecule has 0 bridgehead atoms. The van der Waals surface area contributed by atoms with Crippen molar-refractivity contribution in [2.24, 2.45) is 5.73 Å². The van der Waals surface area contributed by atoms with E-state index >= 15 is 0 Å². The lowest BCUT2D eigenvalue weighted by Crippen LogP contribution is -2.27. The average Bonchev–Trinajstić information content (AvgIpc) is 2.35. The number of nitrogens with two attached hydrogens (primary N) is 1. The Bertz CT molecular complexity index is 359. The topological polar surface area (TPSA) is 61.5 Å². The molecule has 0 amide bonds. The van der Waals surface area contributed by atoms with Gasteiger partial charge in [-0.05, 0) is 24.6 Å². The predicted molar refractivity (Wildman–Crippen MR) is 66.0 cm³/mol. The Balaban J connectivity index is 2.85. The lowest BCUT2D eigenvalue weighted by atomic mass is 9.90. The van der Waals surface area contributed by atoms with Crippen molar-refractivity contribution in [3.05, 3.63) is 29.8 Å². The Labute approximate surface area is 102 Å². The maximum absolute atomic E-state index is 11.3. The second kappa shape index (κ2) is 6.25. The van der Waals surface area contributed by atoms with E-state index in [2.05, 4.69) is 4.74 Å². The minimum atomic E-state index is -0.247. The van der Waals surface area contributed by atoms with Gasteiger partial charge < -0.3 is 15.2 Å². The van der Waals surface area contributed by atoms with Crippen molar-refractivity contribution in [1.82, 2.24) is 0 Å². The molecule has 0 radical (unpaired) electrons. The highest BCUT2D eigenvalue weighted by Gasteiger charge is 2.20. The monoisotopic (exact) mass is 237 g/mol. The highest BCUT2D eigenvalue weighted by molar-refractivity contribution is 5.70. The lowest BCUT2D eigenvalue weighted by molar-refractivity contribution is -0.141. The molecule has 2 N–H and O–H groups in total. The van der Waals surface area contributed by atoms with Gasteiger partial charge in [0.15, 0.2) is 0 Å². The van der Waals surface area contributed by atoms with Crippen LogP contribution in [0.4, 0.5) is 0 Å². The van der Waals surface area contributed by atoms with Crippen LogP contribution >= 0.6 is 0 Å². The van der Waals surface area contributed by atoms with Crippen LogP contribution in [0.5, 0.6) is 5.75 Å². The number of ether oxygens (including phenoxy) is 2. The van der Waals surface area contributed by atoms with Crippen LogP contribution in [-0.4, -0.2) is 26.2 Å². The first-order chi connectivity index (χ1) is 8.08. The van der Waals surface area contributed by atoms with E-state index in [-0.39, 0.29) is 17.9 Å². The molecule has 2 unspecified atom stereocenters. The molecule has 94 valence electrons. The molecule has 0 aliphatic carbocycles. The molecule has 0 fully saturated rings. The maximum atomic E-state index is 11.3. The number of hydrogen-bond acceptors (Lipinski definition) is 4. The molecule has 0 aliphatic rings. The Morgan fingerprint density at radius 3 is 2.29 bits per heavy atom. The lowest BCUT2D eigenvalue weighted by Gasteiger charge is -2.20. The number of hydrogen-bond donors (Lipinski definition) is 1. The van der Waals surface area contributed by atoms with Crippen LogP contribution in [-0.2, 0) is 9.53 Å². The first-order valence-corrected chi connectivity index (χ1v) is 5.54. The van der Waals surface area contributed by atoms with Gasteiger partial charge in [0.05, 0.1) is 20.6 Å². The molecule has 1 aromatic rings. The minimum absolute atomic E-state index is 0.0339. The van der Waals surface area contributed by atoms with Gasteiger partial charge in [0, 0.05) is 12.0 Å². The molecule has 1 rings (SSSR count). The van der Waals surface area contributed by atoms with Gasteiger partial charge in [0.1, 0.15) is 5.75 Å². The van der Waals surface area contributed by atoms with Crippen molar-refractivity contribution in [3.63, 3.8) is 0 Å². The van der Waals surface area contributed by atoms with Crippen LogP contribution in [0.2, 0.25) is 0 Å². The number of carbonyl (C=O) groups excluding carboxylic acids is 1. The molecule has 4 heteroatoms. The molecule has 0 aliphatic heterocycles. The summed E-state index contributed by atoms with van der Waals surface area (Å²) in [6, 6.07) is 7.47. The molecule has 1 aromatic carbocycles. The highest BCUT2D eigenvalue weighted by Crippen LogP contribution is 2.25. The number of carbonyl (C=O) groups is 1. The molecule has 0 aromatic heterocycles. The summed E-state index contributed by atoms with van der Waals surface area (Å²) in [6.45, 7) is 1.89. The van der Waals surface area contributed by atoms with Crippen LogP contribution < -0.4 is 10.5 Å². The number of rotatable bonds is 5. The molecule has 0 heterocycles. The van der Waals surface area contributed by atoms with E-state index in [1.807, 2.05) is 31.2 Å². The van der Waals surface area contributed by atoms with Gasteiger partial charge in [0.2, 0.25) is 0 Å². The van der Waals surface area contributed by atoms with Crippen LogP contribution in [0, 0.1) is 0 Å². The number of esters is 1. The summed E-state index contributed by atoms with van der Waals surface area (Å²) in [5, 5.41) is 0. The molecule has 17 heavy (non-hydrogen) atoms. The second-order valence-electron chi connectivity index (χ2n) is 4.02. The fourth-order valence-corrected chi connectivity index (χ4v) is 1.72. The Morgan fingerprint density at radius 2 is 1.88 bits per heavy atom. The van der Waals surface area contributed by atoms with Crippen LogP contribution in [0.15, 0.2) is 24.3 Å². The van der Waals surface area contributed by atoms with Gasteiger partial charge >= 0.3 is 5.97 Å². The molecule has 2 atom stereocenters. The van der Waals surface area contributed by atoms with Crippen molar-refractivity contribution in [2.75, 3.05) is 14.2 Å². The van der Waals surface area contributed by atoms with Gasteiger partial charge in [-0.1, -0.05) is 12.1 Å². The third kappa shape index (κ3) is 3.75. The molecule has 4 nitrogen and oxygen atoms in total. The molecular weight excluding hydrogens is 218 g/mol. The van der Waals surface area contributed by atoms with E-state index in [4.69, 9.17) is 10.5 Å². The smallest absolute Gasteiger partial charge is 0.306 e. The van der Waals surface area contributed by atoms with E-state index in [1.54, 1.807) is 7.11 Å². The summed E-state index contributed by atoms with van der Waals surface area (Å²) in [6.07, 6.45) is 0.292. The largest absolute Gasteiger partial charge is 0.497 e. The van der Waals surface area contributed by atoms with Gasteiger partial charge in [-0.2, -0.15) is 0 Å². The Morgan fingerprint density at radius 1 is 1.29 bits per heavy atom. The van der Waals surface area contributed by atoms with Crippen molar-refractivity contribution >= 4 is 5.97 Å².